The number of amidine groups is 1. The first-order chi connectivity index (χ1) is 12.0. The number of aliphatic imine (C=N–C) groups is 1. The van der Waals surface area contributed by atoms with Gasteiger partial charge in [-0.15, -0.1) is 0 Å². The molecule has 0 saturated carbocycles. The first kappa shape index (κ1) is 18.2. The number of rotatable bonds is 4. The number of ether oxygens (including phenoxy) is 1. The molecule has 0 aromatic heterocycles. The summed E-state index contributed by atoms with van der Waals surface area (Å²) in [4.78, 5) is 31.4. The molecule has 0 unspecified atom stereocenters. The van der Waals surface area contributed by atoms with E-state index in [1.165, 1.54) is 17.8 Å². The van der Waals surface area contributed by atoms with E-state index < -0.39 is 12.0 Å². The Morgan fingerprint density at radius 3 is 2.88 bits per heavy atom. The van der Waals surface area contributed by atoms with Crippen molar-refractivity contribution in [1.82, 2.24) is 4.90 Å². The Morgan fingerprint density at radius 1 is 1.48 bits per heavy atom. The number of carbonyl (C=O) groups excluding carboxylic acids is 2. The summed E-state index contributed by atoms with van der Waals surface area (Å²) in [6.07, 6.45) is 1.95. The van der Waals surface area contributed by atoms with E-state index in [1.807, 2.05) is 24.3 Å². The highest BCUT2D eigenvalue weighted by molar-refractivity contribution is 14.1. The third kappa shape index (κ3) is 3.67. The van der Waals surface area contributed by atoms with Gasteiger partial charge in [0.2, 0.25) is 5.91 Å². The van der Waals surface area contributed by atoms with Crippen molar-refractivity contribution in [2.45, 2.75) is 19.4 Å². The van der Waals surface area contributed by atoms with E-state index in [-0.39, 0.29) is 12.5 Å². The van der Waals surface area contributed by atoms with Crippen LogP contribution in [0.1, 0.15) is 24.9 Å². The first-order valence-corrected chi connectivity index (χ1v) is 9.87. The van der Waals surface area contributed by atoms with Crippen LogP contribution in [0.4, 0.5) is 0 Å². The predicted octanol–water partition coefficient (Wildman–Crippen LogP) is 3.67. The monoisotopic (exact) mass is 468 g/mol. The van der Waals surface area contributed by atoms with Gasteiger partial charge in [0.15, 0.2) is 5.17 Å². The largest absolute Gasteiger partial charge is 0.458 e. The summed E-state index contributed by atoms with van der Waals surface area (Å²) in [6, 6.07) is 7.30. The normalized spacial score (nSPS) is 20.1. The smallest absolute Gasteiger partial charge is 0.338 e. The van der Waals surface area contributed by atoms with Crippen molar-refractivity contribution in [1.29, 1.82) is 0 Å². The average molecular weight is 468 g/mol. The number of benzene rings is 1. The second kappa shape index (κ2) is 7.74. The average Bonchev–Trinajstić information content (AvgIpc) is 2.59. The SMILES string of the molecule is C=CCOC(=O)C1=C(C)N=C2SCCC(=O)N2[C@@H]1c1ccc(I)cc1. The number of esters is 1. The van der Waals surface area contributed by atoms with E-state index in [0.29, 0.717) is 28.6 Å². The van der Waals surface area contributed by atoms with Gasteiger partial charge < -0.3 is 4.74 Å². The summed E-state index contributed by atoms with van der Waals surface area (Å²) < 4.78 is 6.35. The van der Waals surface area contributed by atoms with Crippen LogP contribution in [0, 0.1) is 3.57 Å². The minimum absolute atomic E-state index is 0.0254. The highest BCUT2D eigenvalue weighted by Gasteiger charge is 2.41. The molecule has 0 radical (unpaired) electrons. The molecule has 2 heterocycles. The van der Waals surface area contributed by atoms with Crippen LogP contribution in [0.2, 0.25) is 0 Å². The van der Waals surface area contributed by atoms with Crippen LogP contribution in [0.15, 0.2) is 53.2 Å². The molecular formula is C18H17IN2O3S. The summed E-state index contributed by atoms with van der Waals surface area (Å²) in [7, 11) is 0. The van der Waals surface area contributed by atoms with Crippen LogP contribution in [0.3, 0.4) is 0 Å². The lowest BCUT2D eigenvalue weighted by atomic mass is 9.94. The quantitative estimate of drug-likeness (QED) is 0.385. The summed E-state index contributed by atoms with van der Waals surface area (Å²) in [6.45, 7) is 5.48. The van der Waals surface area contributed by atoms with Crippen LogP contribution >= 0.6 is 34.4 Å². The fourth-order valence-electron chi connectivity index (χ4n) is 2.83. The fraction of sp³-hybridized carbons (Fsp3) is 0.278. The zero-order valence-corrected chi connectivity index (χ0v) is 16.7. The molecule has 0 N–H and O–H groups in total. The molecule has 7 heteroatoms. The van der Waals surface area contributed by atoms with Crippen molar-refractivity contribution in [3.05, 3.63) is 57.3 Å². The first-order valence-electron chi connectivity index (χ1n) is 7.80. The van der Waals surface area contributed by atoms with Gasteiger partial charge in [0.05, 0.1) is 17.3 Å². The van der Waals surface area contributed by atoms with E-state index in [1.54, 1.807) is 11.8 Å². The molecule has 0 bridgehead atoms. The van der Waals surface area contributed by atoms with E-state index in [2.05, 4.69) is 34.2 Å². The maximum absolute atomic E-state index is 12.7. The second-order valence-corrected chi connectivity index (χ2v) is 7.90. The molecular weight excluding hydrogens is 451 g/mol. The molecule has 1 atom stereocenters. The predicted molar refractivity (Wildman–Crippen MR) is 107 cm³/mol. The molecule has 1 aromatic carbocycles. The molecule has 1 aromatic rings. The summed E-state index contributed by atoms with van der Waals surface area (Å²) >= 11 is 3.77. The maximum atomic E-state index is 12.7. The number of fused-ring (bicyclic) bond motifs is 1. The molecule has 0 aliphatic carbocycles. The lowest BCUT2D eigenvalue weighted by Crippen LogP contribution is -2.45. The minimum Gasteiger partial charge on any atom is -0.458 e. The Bertz CT molecular complexity index is 786. The van der Waals surface area contributed by atoms with Gasteiger partial charge in [-0.05, 0) is 47.2 Å². The molecule has 2 aliphatic heterocycles. The number of carbonyl (C=O) groups is 2. The van der Waals surface area contributed by atoms with E-state index in [9.17, 15) is 9.59 Å². The number of hydrogen-bond donors (Lipinski definition) is 0. The van der Waals surface area contributed by atoms with Crippen LogP contribution in [-0.4, -0.2) is 34.3 Å². The van der Waals surface area contributed by atoms with Gasteiger partial charge in [0.1, 0.15) is 6.61 Å². The third-order valence-electron chi connectivity index (χ3n) is 3.94. The van der Waals surface area contributed by atoms with E-state index in [0.717, 1.165) is 9.13 Å². The van der Waals surface area contributed by atoms with Crippen molar-refractivity contribution in [3.8, 4) is 0 Å². The Morgan fingerprint density at radius 2 is 2.20 bits per heavy atom. The van der Waals surface area contributed by atoms with Gasteiger partial charge in [0, 0.05) is 15.7 Å². The zero-order valence-electron chi connectivity index (χ0n) is 13.7. The number of allylic oxidation sites excluding steroid dienone is 1. The van der Waals surface area contributed by atoms with Gasteiger partial charge in [-0.2, -0.15) is 0 Å². The number of amides is 1. The van der Waals surface area contributed by atoms with Crippen molar-refractivity contribution in [3.63, 3.8) is 0 Å². The number of halogens is 1. The van der Waals surface area contributed by atoms with Gasteiger partial charge in [-0.3, -0.25) is 9.69 Å². The summed E-state index contributed by atoms with van der Waals surface area (Å²) in [5.74, 6) is 0.214. The topological polar surface area (TPSA) is 59.0 Å². The van der Waals surface area contributed by atoms with Gasteiger partial charge >= 0.3 is 5.97 Å². The molecule has 1 saturated heterocycles. The van der Waals surface area contributed by atoms with Gasteiger partial charge in [-0.1, -0.05) is 36.5 Å². The number of thioether (sulfide) groups is 1. The summed E-state index contributed by atoms with van der Waals surface area (Å²) in [5.41, 5.74) is 1.86. The van der Waals surface area contributed by atoms with E-state index in [4.69, 9.17) is 4.74 Å². The molecule has 0 spiro atoms. The van der Waals surface area contributed by atoms with Crippen LogP contribution < -0.4 is 0 Å². The Hall–Kier alpha value is -1.61. The molecule has 25 heavy (non-hydrogen) atoms. The van der Waals surface area contributed by atoms with Gasteiger partial charge in [0.25, 0.3) is 0 Å². The standard InChI is InChI=1S/C18H17IN2O3S/c1-3-9-24-17(23)15-11(2)20-18-21(14(22)8-10-25-18)16(15)12-4-6-13(19)7-5-12/h3-7,16H,1,8-10H2,2H3/t16-/m1/s1. The van der Waals surface area contributed by atoms with Crippen molar-refractivity contribution < 1.29 is 14.3 Å². The maximum Gasteiger partial charge on any atom is 0.338 e. The molecule has 130 valence electrons. The van der Waals surface area contributed by atoms with Crippen molar-refractivity contribution >= 4 is 51.4 Å². The van der Waals surface area contributed by atoms with Crippen molar-refractivity contribution in [2.75, 3.05) is 12.4 Å². The molecule has 2 aliphatic rings. The Balaban J connectivity index is 2.11. The highest BCUT2D eigenvalue weighted by Crippen LogP contribution is 2.40. The highest BCUT2D eigenvalue weighted by atomic mass is 127. The lowest BCUT2D eigenvalue weighted by molar-refractivity contribution is -0.139. The molecule has 1 fully saturated rings. The minimum atomic E-state index is -0.512. The van der Waals surface area contributed by atoms with Gasteiger partial charge in [-0.25, -0.2) is 9.79 Å². The fourth-order valence-corrected chi connectivity index (χ4v) is 4.20. The molecule has 1 amide bonds. The Kier molecular flexibility index (Phi) is 5.63. The van der Waals surface area contributed by atoms with E-state index >= 15 is 0 Å². The molecule has 3 rings (SSSR count). The third-order valence-corrected chi connectivity index (χ3v) is 5.62. The number of nitrogens with zero attached hydrogens (tertiary/aromatic N) is 2. The molecule has 5 nitrogen and oxygen atoms in total. The lowest BCUT2D eigenvalue weighted by Gasteiger charge is -2.38. The summed E-state index contributed by atoms with van der Waals surface area (Å²) in [5, 5.41) is 0.651. The Labute approximate surface area is 164 Å². The zero-order chi connectivity index (χ0) is 18.0. The van der Waals surface area contributed by atoms with Crippen LogP contribution in [0.5, 0.6) is 0 Å². The van der Waals surface area contributed by atoms with Crippen LogP contribution in [-0.2, 0) is 14.3 Å². The second-order valence-electron chi connectivity index (χ2n) is 5.60. The van der Waals surface area contributed by atoms with Crippen molar-refractivity contribution in [2.24, 2.45) is 4.99 Å². The number of hydrogen-bond acceptors (Lipinski definition) is 5. The van der Waals surface area contributed by atoms with Crippen LogP contribution in [0.25, 0.3) is 0 Å².